The molecule has 0 atom stereocenters. The highest BCUT2D eigenvalue weighted by atomic mass is 16.2. The van der Waals surface area contributed by atoms with E-state index in [9.17, 15) is 4.79 Å². The predicted octanol–water partition coefficient (Wildman–Crippen LogP) is 2.93. The first-order valence-electron chi connectivity index (χ1n) is 10.4. The van der Waals surface area contributed by atoms with Gasteiger partial charge in [-0.15, -0.1) is 0 Å². The molecule has 3 aliphatic heterocycles. The zero-order valence-electron chi connectivity index (χ0n) is 16.5. The minimum Gasteiger partial charge on any atom is -0.342 e. The molecular formula is C20H39N3O. The smallest absolute Gasteiger partial charge is 0.225 e. The fraction of sp³-hybridized carbons (Fsp3) is 0.950. The van der Waals surface area contributed by atoms with Crippen LogP contribution in [-0.4, -0.2) is 73.0 Å². The first-order chi connectivity index (χ1) is 11.7. The van der Waals surface area contributed by atoms with Gasteiger partial charge in [0.25, 0.3) is 0 Å². The maximum absolute atomic E-state index is 12.5. The van der Waals surface area contributed by atoms with Crippen LogP contribution in [0.2, 0.25) is 0 Å². The molecule has 3 saturated heterocycles. The van der Waals surface area contributed by atoms with Crippen LogP contribution < -0.4 is 0 Å². The van der Waals surface area contributed by atoms with Crippen molar-refractivity contribution >= 4 is 5.91 Å². The summed E-state index contributed by atoms with van der Waals surface area (Å²) in [7, 11) is 0. The van der Waals surface area contributed by atoms with E-state index in [4.69, 9.17) is 0 Å². The maximum Gasteiger partial charge on any atom is 0.225 e. The van der Waals surface area contributed by atoms with Crippen LogP contribution in [0.4, 0.5) is 0 Å². The molecule has 0 N–H and O–H groups in total. The first kappa shape index (κ1) is 19.7. The van der Waals surface area contributed by atoms with Gasteiger partial charge in [0.15, 0.2) is 0 Å². The second-order valence-electron chi connectivity index (χ2n) is 7.80. The lowest BCUT2D eigenvalue weighted by Gasteiger charge is -2.45. The number of carbonyl (C=O) groups excluding carboxylic acids is 1. The van der Waals surface area contributed by atoms with E-state index in [-0.39, 0.29) is 0 Å². The average molecular weight is 338 g/mol. The highest BCUT2D eigenvalue weighted by Crippen LogP contribution is 2.26. The number of amides is 1. The van der Waals surface area contributed by atoms with Gasteiger partial charge in [0.05, 0.1) is 0 Å². The molecule has 140 valence electrons. The molecule has 3 aliphatic rings. The molecule has 4 nitrogen and oxygen atoms in total. The third kappa shape index (κ3) is 5.19. The minimum absolute atomic E-state index is 0.305. The van der Waals surface area contributed by atoms with Crippen molar-refractivity contribution < 1.29 is 4.79 Å². The lowest BCUT2D eigenvalue weighted by Crippen LogP contribution is -2.56. The van der Waals surface area contributed by atoms with Crippen molar-refractivity contribution in [3.05, 3.63) is 0 Å². The van der Waals surface area contributed by atoms with E-state index in [0.29, 0.717) is 11.8 Å². The van der Waals surface area contributed by atoms with Crippen molar-refractivity contribution in [3.63, 3.8) is 0 Å². The Kier molecular flexibility index (Phi) is 8.02. The van der Waals surface area contributed by atoms with Gasteiger partial charge in [-0.1, -0.05) is 27.7 Å². The number of rotatable bonds is 4. The third-order valence-corrected chi connectivity index (χ3v) is 6.05. The van der Waals surface area contributed by atoms with Crippen LogP contribution in [0.1, 0.15) is 53.4 Å². The second kappa shape index (κ2) is 9.76. The van der Waals surface area contributed by atoms with Crippen LogP contribution in [0.25, 0.3) is 0 Å². The quantitative estimate of drug-likeness (QED) is 0.789. The normalized spacial score (nSPS) is 25.1. The van der Waals surface area contributed by atoms with Gasteiger partial charge < -0.3 is 14.7 Å². The van der Waals surface area contributed by atoms with Crippen molar-refractivity contribution in [2.75, 3.05) is 52.4 Å². The van der Waals surface area contributed by atoms with Crippen molar-refractivity contribution in [1.82, 2.24) is 14.7 Å². The Morgan fingerprint density at radius 1 is 0.917 bits per heavy atom. The van der Waals surface area contributed by atoms with Crippen LogP contribution in [0.15, 0.2) is 0 Å². The highest BCUT2D eigenvalue weighted by Gasteiger charge is 2.36. The number of likely N-dealkylation sites (tertiary alicyclic amines) is 3. The van der Waals surface area contributed by atoms with Crippen LogP contribution in [-0.2, 0) is 4.79 Å². The van der Waals surface area contributed by atoms with Gasteiger partial charge in [-0.3, -0.25) is 4.79 Å². The van der Waals surface area contributed by atoms with Gasteiger partial charge in [0.2, 0.25) is 5.91 Å². The summed E-state index contributed by atoms with van der Waals surface area (Å²) in [6, 6.07) is 0. The molecule has 0 radical (unpaired) electrons. The molecular weight excluding hydrogens is 298 g/mol. The summed E-state index contributed by atoms with van der Waals surface area (Å²) in [5.41, 5.74) is 0. The number of nitrogens with zero attached hydrogens (tertiary/aromatic N) is 3. The highest BCUT2D eigenvalue weighted by molar-refractivity contribution is 5.79. The summed E-state index contributed by atoms with van der Waals surface area (Å²) in [5.74, 6) is 2.39. The summed E-state index contributed by atoms with van der Waals surface area (Å²) in [4.78, 5) is 19.8. The molecule has 0 aromatic carbocycles. The molecule has 3 heterocycles. The minimum atomic E-state index is 0.305. The van der Waals surface area contributed by atoms with Crippen molar-refractivity contribution in [2.24, 2.45) is 17.8 Å². The third-order valence-electron chi connectivity index (χ3n) is 6.05. The summed E-state index contributed by atoms with van der Waals surface area (Å²) < 4.78 is 0. The van der Waals surface area contributed by atoms with E-state index >= 15 is 0 Å². The molecule has 3 rings (SSSR count). The number of piperidine rings is 2. The molecule has 4 heteroatoms. The number of hydrogen-bond acceptors (Lipinski definition) is 3. The van der Waals surface area contributed by atoms with E-state index < -0.39 is 0 Å². The van der Waals surface area contributed by atoms with Crippen molar-refractivity contribution in [1.29, 1.82) is 0 Å². The Balaban J connectivity index is 0.00000100. The summed E-state index contributed by atoms with van der Waals surface area (Å²) >= 11 is 0. The first-order valence-corrected chi connectivity index (χ1v) is 10.4. The van der Waals surface area contributed by atoms with E-state index in [1.807, 2.05) is 13.8 Å². The molecule has 0 aliphatic carbocycles. The topological polar surface area (TPSA) is 26.8 Å². The largest absolute Gasteiger partial charge is 0.342 e. The Morgan fingerprint density at radius 3 is 2.00 bits per heavy atom. The van der Waals surface area contributed by atoms with Gasteiger partial charge in [-0.25, -0.2) is 0 Å². The van der Waals surface area contributed by atoms with Crippen LogP contribution in [0, 0.1) is 17.8 Å². The van der Waals surface area contributed by atoms with Crippen LogP contribution >= 0.6 is 0 Å². The standard InChI is InChI=1S/C18H33N3O.C2H6/c1-3-19-10-6-17(7-11-19)18(22)21-13-16(14-21)12-20-8-4-15(2)5-9-20;1-2/h15-17H,3-14H2,1-2H3;1-2H3. The van der Waals surface area contributed by atoms with Crippen molar-refractivity contribution in [2.45, 2.75) is 53.4 Å². The second-order valence-corrected chi connectivity index (χ2v) is 7.80. The SMILES string of the molecule is CC.CCN1CCC(C(=O)N2CC(CN3CCC(C)CC3)C2)CC1. The monoisotopic (exact) mass is 337 g/mol. The Morgan fingerprint density at radius 2 is 1.46 bits per heavy atom. The fourth-order valence-electron chi connectivity index (χ4n) is 4.23. The van der Waals surface area contributed by atoms with Crippen molar-refractivity contribution in [3.8, 4) is 0 Å². The van der Waals surface area contributed by atoms with Gasteiger partial charge in [0.1, 0.15) is 0 Å². The molecule has 24 heavy (non-hydrogen) atoms. The lowest BCUT2D eigenvalue weighted by molar-refractivity contribution is -0.144. The predicted molar refractivity (Wildman–Crippen MR) is 101 cm³/mol. The van der Waals surface area contributed by atoms with Crippen LogP contribution in [0.5, 0.6) is 0 Å². The van der Waals surface area contributed by atoms with E-state index in [0.717, 1.165) is 57.4 Å². The Bertz CT molecular complexity index is 365. The maximum atomic E-state index is 12.5. The average Bonchev–Trinajstić information content (AvgIpc) is 2.60. The van der Waals surface area contributed by atoms with E-state index in [2.05, 4.69) is 28.5 Å². The number of hydrogen-bond donors (Lipinski definition) is 0. The summed E-state index contributed by atoms with van der Waals surface area (Å²) in [6.07, 6.45) is 4.84. The molecule has 0 saturated carbocycles. The zero-order chi connectivity index (χ0) is 17.5. The molecule has 0 unspecified atom stereocenters. The Labute approximate surface area is 149 Å². The molecule has 1 amide bonds. The molecule has 0 aromatic heterocycles. The molecule has 0 bridgehead atoms. The number of carbonyl (C=O) groups is 1. The van der Waals surface area contributed by atoms with Gasteiger partial charge >= 0.3 is 0 Å². The molecule has 0 aromatic rings. The summed E-state index contributed by atoms with van der Waals surface area (Å²) in [6.45, 7) is 17.7. The summed E-state index contributed by atoms with van der Waals surface area (Å²) in [5, 5.41) is 0. The van der Waals surface area contributed by atoms with Crippen LogP contribution in [0.3, 0.4) is 0 Å². The molecule has 0 spiro atoms. The zero-order valence-corrected chi connectivity index (χ0v) is 16.5. The van der Waals surface area contributed by atoms with E-state index in [1.165, 1.54) is 32.5 Å². The van der Waals surface area contributed by atoms with Gasteiger partial charge in [0, 0.05) is 31.5 Å². The molecule has 3 fully saturated rings. The van der Waals surface area contributed by atoms with Gasteiger partial charge in [-0.2, -0.15) is 0 Å². The Hall–Kier alpha value is -0.610. The fourth-order valence-corrected chi connectivity index (χ4v) is 4.23. The van der Waals surface area contributed by atoms with Gasteiger partial charge in [-0.05, 0) is 64.3 Å². The van der Waals surface area contributed by atoms with E-state index in [1.54, 1.807) is 0 Å². The lowest BCUT2D eigenvalue weighted by atomic mass is 9.90.